The number of hydrogen-bond donors (Lipinski definition) is 1. The third-order valence-electron chi connectivity index (χ3n) is 3.40. The Hall–Kier alpha value is -2.37. The lowest BCUT2D eigenvalue weighted by molar-refractivity contribution is -0.148. The fraction of sp³-hybridized carbons (Fsp3) is 0.438. The molecular weight excluding hydrogens is 286 g/mol. The zero-order chi connectivity index (χ0) is 16.7. The van der Waals surface area contributed by atoms with Crippen LogP contribution in [0.3, 0.4) is 0 Å². The van der Waals surface area contributed by atoms with Gasteiger partial charge in [0.1, 0.15) is 11.8 Å². The van der Waals surface area contributed by atoms with Crippen LogP contribution in [0.1, 0.15) is 37.0 Å². The Morgan fingerprint density at radius 2 is 1.82 bits per heavy atom. The number of carbonyl (C=O) groups is 3. The normalized spacial score (nSPS) is 11.6. The average molecular weight is 307 g/mol. The molecule has 0 saturated carbocycles. The minimum Gasteiger partial charge on any atom is -0.494 e. The van der Waals surface area contributed by atoms with E-state index in [2.05, 4.69) is 0 Å². The Morgan fingerprint density at radius 1 is 1.23 bits per heavy atom. The second kappa shape index (κ2) is 8.17. The molecule has 0 saturated heterocycles. The van der Waals surface area contributed by atoms with Gasteiger partial charge in [0.2, 0.25) is 5.91 Å². The highest BCUT2D eigenvalue weighted by molar-refractivity contribution is 5.94. The molecule has 0 fully saturated rings. The van der Waals surface area contributed by atoms with Crippen LogP contribution >= 0.6 is 0 Å². The predicted octanol–water partition coefficient (Wildman–Crippen LogP) is 1.98. The van der Waals surface area contributed by atoms with Crippen LogP contribution in [0.15, 0.2) is 24.3 Å². The van der Waals surface area contributed by atoms with Gasteiger partial charge in [0, 0.05) is 19.0 Å². The van der Waals surface area contributed by atoms with Gasteiger partial charge in [-0.15, -0.1) is 0 Å². The van der Waals surface area contributed by atoms with E-state index in [0.717, 1.165) is 0 Å². The number of carboxylic acids is 1. The Morgan fingerprint density at radius 3 is 2.32 bits per heavy atom. The predicted molar refractivity (Wildman–Crippen MR) is 81.0 cm³/mol. The van der Waals surface area contributed by atoms with Gasteiger partial charge in [0.15, 0.2) is 5.78 Å². The molecule has 0 bridgehead atoms. The second-order valence-corrected chi connectivity index (χ2v) is 5.05. The lowest BCUT2D eigenvalue weighted by atomic mass is 10.1. The van der Waals surface area contributed by atoms with Crippen molar-refractivity contribution in [2.24, 2.45) is 0 Å². The van der Waals surface area contributed by atoms with Crippen LogP contribution in [0, 0.1) is 0 Å². The maximum absolute atomic E-state index is 11.8. The quantitative estimate of drug-likeness (QED) is 0.586. The molecule has 0 radical (unpaired) electrons. The number of benzene rings is 1. The largest absolute Gasteiger partial charge is 0.494 e. The van der Waals surface area contributed by atoms with Gasteiger partial charge < -0.3 is 14.7 Å². The summed E-state index contributed by atoms with van der Waals surface area (Å²) in [5.41, 5.74) is 0.617. The fourth-order valence-electron chi connectivity index (χ4n) is 1.76. The lowest BCUT2D eigenvalue weighted by Crippen LogP contribution is -2.40. The third-order valence-corrected chi connectivity index (χ3v) is 3.40. The molecule has 1 aromatic rings. The van der Waals surface area contributed by atoms with E-state index in [1.54, 1.807) is 24.3 Å². The summed E-state index contributed by atoms with van der Waals surface area (Å²) in [5.74, 6) is -0.638. The standard InChI is InChI=1S/C16H21NO5/c1-11(16(20)21)17(3)15(19)5-4-10-22-14-8-6-13(7-9-14)12(2)18/h6-9,11H,4-5,10H2,1-3H3,(H,20,21). The molecule has 0 aliphatic carbocycles. The molecular formula is C16H21NO5. The molecule has 0 spiro atoms. The van der Waals surface area contributed by atoms with E-state index >= 15 is 0 Å². The Labute approximate surface area is 129 Å². The van der Waals surface area contributed by atoms with Crippen LogP contribution in [0.25, 0.3) is 0 Å². The molecule has 0 aliphatic heterocycles. The molecule has 22 heavy (non-hydrogen) atoms. The van der Waals surface area contributed by atoms with Crippen molar-refractivity contribution in [1.82, 2.24) is 4.90 Å². The van der Waals surface area contributed by atoms with Crippen LogP contribution in [0.5, 0.6) is 5.75 Å². The number of amides is 1. The molecule has 1 atom stereocenters. The van der Waals surface area contributed by atoms with Crippen molar-refractivity contribution >= 4 is 17.7 Å². The van der Waals surface area contributed by atoms with Crippen LogP contribution < -0.4 is 4.74 Å². The van der Waals surface area contributed by atoms with Crippen molar-refractivity contribution in [2.75, 3.05) is 13.7 Å². The van der Waals surface area contributed by atoms with E-state index in [4.69, 9.17) is 9.84 Å². The van der Waals surface area contributed by atoms with Gasteiger partial charge in [0.25, 0.3) is 0 Å². The van der Waals surface area contributed by atoms with Crippen LogP contribution in [-0.2, 0) is 9.59 Å². The lowest BCUT2D eigenvalue weighted by Gasteiger charge is -2.21. The monoisotopic (exact) mass is 307 g/mol. The number of Topliss-reactive ketones (excluding diaryl/α,β-unsaturated/α-hetero) is 1. The van der Waals surface area contributed by atoms with Gasteiger partial charge in [-0.2, -0.15) is 0 Å². The summed E-state index contributed by atoms with van der Waals surface area (Å²) in [5, 5.41) is 8.84. The molecule has 0 aliphatic rings. The zero-order valence-electron chi connectivity index (χ0n) is 13.0. The summed E-state index contributed by atoms with van der Waals surface area (Å²) >= 11 is 0. The zero-order valence-corrected chi connectivity index (χ0v) is 13.0. The van der Waals surface area contributed by atoms with E-state index in [1.165, 1.54) is 25.8 Å². The summed E-state index contributed by atoms with van der Waals surface area (Å²) in [6, 6.07) is 5.94. The van der Waals surface area contributed by atoms with Gasteiger partial charge in [-0.3, -0.25) is 9.59 Å². The number of rotatable bonds is 8. The van der Waals surface area contributed by atoms with Crippen molar-refractivity contribution in [3.05, 3.63) is 29.8 Å². The molecule has 0 aromatic heterocycles. The number of aliphatic carboxylic acids is 1. The maximum atomic E-state index is 11.8. The number of ketones is 1. The van der Waals surface area contributed by atoms with Crippen LogP contribution in [0.2, 0.25) is 0 Å². The summed E-state index contributed by atoms with van der Waals surface area (Å²) < 4.78 is 5.48. The van der Waals surface area contributed by atoms with Gasteiger partial charge in [-0.05, 0) is 44.5 Å². The molecule has 6 nitrogen and oxygen atoms in total. The first-order valence-electron chi connectivity index (χ1n) is 7.05. The van der Waals surface area contributed by atoms with Crippen molar-refractivity contribution in [3.63, 3.8) is 0 Å². The number of nitrogens with zero attached hydrogens (tertiary/aromatic N) is 1. The highest BCUT2D eigenvalue weighted by Crippen LogP contribution is 2.13. The minimum atomic E-state index is -1.03. The molecule has 0 heterocycles. The van der Waals surface area contributed by atoms with Gasteiger partial charge in [-0.25, -0.2) is 4.79 Å². The molecule has 1 rings (SSSR count). The van der Waals surface area contributed by atoms with Crippen molar-refractivity contribution in [1.29, 1.82) is 0 Å². The van der Waals surface area contributed by atoms with Crippen molar-refractivity contribution in [3.8, 4) is 5.75 Å². The number of ether oxygens (including phenoxy) is 1. The first-order chi connectivity index (χ1) is 10.3. The highest BCUT2D eigenvalue weighted by Gasteiger charge is 2.20. The summed E-state index contributed by atoms with van der Waals surface area (Å²) in [4.78, 5) is 34.9. The van der Waals surface area contributed by atoms with E-state index in [9.17, 15) is 14.4 Å². The van der Waals surface area contributed by atoms with Gasteiger partial charge in [0.05, 0.1) is 6.61 Å². The number of likely N-dealkylation sites (N-methyl/N-ethyl adjacent to an activating group) is 1. The first-order valence-corrected chi connectivity index (χ1v) is 7.05. The highest BCUT2D eigenvalue weighted by atomic mass is 16.5. The SMILES string of the molecule is CC(=O)c1ccc(OCCCC(=O)N(C)C(C)C(=O)O)cc1. The topological polar surface area (TPSA) is 83.9 Å². The summed E-state index contributed by atoms with van der Waals surface area (Å²) in [6.07, 6.45) is 0.712. The number of carbonyl (C=O) groups excluding carboxylic acids is 2. The molecule has 120 valence electrons. The Balaban J connectivity index is 2.34. The molecule has 1 aromatic carbocycles. The fourth-order valence-corrected chi connectivity index (χ4v) is 1.76. The van der Waals surface area contributed by atoms with E-state index in [0.29, 0.717) is 24.3 Å². The van der Waals surface area contributed by atoms with E-state index < -0.39 is 12.0 Å². The van der Waals surface area contributed by atoms with Crippen molar-refractivity contribution in [2.45, 2.75) is 32.7 Å². The van der Waals surface area contributed by atoms with Gasteiger partial charge in [-0.1, -0.05) is 0 Å². The maximum Gasteiger partial charge on any atom is 0.326 e. The minimum absolute atomic E-state index is 0.00673. The Kier molecular flexibility index (Phi) is 6.56. The number of hydrogen-bond acceptors (Lipinski definition) is 4. The number of carboxylic acid groups (broad SMARTS) is 1. The van der Waals surface area contributed by atoms with Crippen LogP contribution in [0.4, 0.5) is 0 Å². The first kappa shape index (κ1) is 17.7. The second-order valence-electron chi connectivity index (χ2n) is 5.05. The average Bonchev–Trinajstić information content (AvgIpc) is 2.50. The molecule has 1 N–H and O–H groups in total. The Bertz CT molecular complexity index is 538. The van der Waals surface area contributed by atoms with Crippen molar-refractivity contribution < 1.29 is 24.2 Å². The molecule has 1 unspecified atom stereocenters. The third kappa shape index (κ3) is 5.20. The van der Waals surface area contributed by atoms with Crippen LogP contribution in [-0.4, -0.2) is 47.4 Å². The van der Waals surface area contributed by atoms with E-state index in [-0.39, 0.29) is 18.1 Å². The van der Waals surface area contributed by atoms with E-state index in [1.807, 2.05) is 0 Å². The summed E-state index contributed by atoms with van der Waals surface area (Å²) in [6.45, 7) is 3.31. The smallest absolute Gasteiger partial charge is 0.326 e. The van der Waals surface area contributed by atoms with Gasteiger partial charge >= 0.3 is 5.97 Å². The summed E-state index contributed by atoms with van der Waals surface area (Å²) in [7, 11) is 1.47. The molecule has 6 heteroatoms. The molecule has 1 amide bonds.